The maximum absolute atomic E-state index is 5.98. The Balaban J connectivity index is 1.40. The fraction of sp³-hybridized carbons (Fsp3) is 0.722. The lowest BCUT2D eigenvalue weighted by molar-refractivity contribution is -0.0485. The molecule has 0 saturated carbocycles. The summed E-state index contributed by atoms with van der Waals surface area (Å²) >= 11 is 0. The van der Waals surface area contributed by atoms with E-state index in [1.807, 2.05) is 18.5 Å². The van der Waals surface area contributed by atoms with Crippen molar-refractivity contribution in [3.8, 4) is 0 Å². The zero-order chi connectivity index (χ0) is 15.6. The van der Waals surface area contributed by atoms with E-state index in [0.29, 0.717) is 12.0 Å². The third kappa shape index (κ3) is 3.43. The number of ether oxygens (including phenoxy) is 1. The Labute approximate surface area is 139 Å². The van der Waals surface area contributed by atoms with E-state index in [-0.39, 0.29) is 0 Å². The van der Waals surface area contributed by atoms with Crippen LogP contribution >= 0.6 is 0 Å². The van der Waals surface area contributed by atoms with Crippen LogP contribution in [0.15, 0.2) is 24.5 Å². The fourth-order valence-electron chi connectivity index (χ4n) is 4.47. The van der Waals surface area contributed by atoms with Crippen molar-refractivity contribution in [2.75, 3.05) is 59.5 Å². The van der Waals surface area contributed by atoms with Crippen molar-refractivity contribution in [1.29, 1.82) is 0 Å². The Kier molecular flexibility index (Phi) is 4.62. The predicted octanol–water partition coefficient (Wildman–Crippen LogP) is 0.776. The minimum atomic E-state index is 0.612. The summed E-state index contributed by atoms with van der Waals surface area (Å²) < 4.78 is 5.98. The highest BCUT2D eigenvalue weighted by Gasteiger charge is 2.43. The second kappa shape index (κ2) is 6.85. The molecule has 4 heterocycles. The molecule has 0 spiro atoms. The molecule has 5 heteroatoms. The highest BCUT2D eigenvalue weighted by atomic mass is 16.5. The second-order valence-corrected chi connectivity index (χ2v) is 7.42. The van der Waals surface area contributed by atoms with Gasteiger partial charge in [-0.3, -0.25) is 14.8 Å². The van der Waals surface area contributed by atoms with E-state index in [0.717, 1.165) is 25.7 Å². The number of likely N-dealkylation sites (N-methyl/N-ethyl adjacent to an activating group) is 1. The standard InChI is InChI=1S/C18H28N4O/c1-20-5-7-22(8-6-20)18-14-23-13-16-11-21(12-17(16)18)10-15-3-2-4-19-9-15/h2-4,9,16-18H,5-8,10-14H2,1H3/t16-,17-,18-/m0/s1. The number of nitrogens with zero attached hydrogens (tertiary/aromatic N) is 4. The van der Waals surface area contributed by atoms with Crippen molar-refractivity contribution < 1.29 is 4.74 Å². The number of aromatic nitrogens is 1. The van der Waals surface area contributed by atoms with Gasteiger partial charge in [-0.2, -0.15) is 0 Å². The van der Waals surface area contributed by atoms with Crippen molar-refractivity contribution in [3.05, 3.63) is 30.1 Å². The van der Waals surface area contributed by atoms with Crippen LogP contribution in [0.5, 0.6) is 0 Å². The summed E-state index contributed by atoms with van der Waals surface area (Å²) in [5, 5.41) is 0. The molecule has 0 amide bonds. The topological polar surface area (TPSA) is 31.8 Å². The van der Waals surface area contributed by atoms with Gasteiger partial charge in [0.2, 0.25) is 0 Å². The molecule has 4 rings (SSSR count). The number of hydrogen-bond acceptors (Lipinski definition) is 5. The van der Waals surface area contributed by atoms with Crippen LogP contribution in [0.2, 0.25) is 0 Å². The maximum atomic E-state index is 5.98. The van der Waals surface area contributed by atoms with E-state index >= 15 is 0 Å². The summed E-state index contributed by atoms with van der Waals surface area (Å²) in [5.74, 6) is 1.47. The van der Waals surface area contributed by atoms with Crippen LogP contribution < -0.4 is 0 Å². The van der Waals surface area contributed by atoms with Crippen LogP contribution in [0.25, 0.3) is 0 Å². The molecular weight excluding hydrogens is 288 g/mol. The average Bonchev–Trinajstić information content (AvgIpc) is 2.99. The van der Waals surface area contributed by atoms with Crippen molar-refractivity contribution in [2.24, 2.45) is 11.8 Å². The first-order valence-corrected chi connectivity index (χ1v) is 8.91. The van der Waals surface area contributed by atoms with Crippen LogP contribution in [0.3, 0.4) is 0 Å². The van der Waals surface area contributed by atoms with Crippen molar-refractivity contribution in [2.45, 2.75) is 12.6 Å². The SMILES string of the molecule is CN1CCN([C@H]2COC[C@@H]3CN(Cc4cccnc4)C[C@@H]32)CC1. The van der Waals surface area contributed by atoms with Crippen LogP contribution in [0.1, 0.15) is 5.56 Å². The van der Waals surface area contributed by atoms with Crippen LogP contribution in [0, 0.1) is 11.8 Å². The molecule has 3 saturated heterocycles. The summed E-state index contributed by atoms with van der Waals surface area (Å²) in [6.45, 7) is 10.0. The number of likely N-dealkylation sites (tertiary alicyclic amines) is 1. The second-order valence-electron chi connectivity index (χ2n) is 7.42. The molecule has 0 aliphatic carbocycles. The number of hydrogen-bond donors (Lipinski definition) is 0. The molecule has 3 aliphatic heterocycles. The van der Waals surface area contributed by atoms with Gasteiger partial charge in [0.05, 0.1) is 13.2 Å². The Morgan fingerprint density at radius 3 is 2.83 bits per heavy atom. The molecule has 1 aromatic rings. The largest absolute Gasteiger partial charge is 0.379 e. The molecule has 0 radical (unpaired) electrons. The van der Waals surface area contributed by atoms with Crippen molar-refractivity contribution in [1.82, 2.24) is 19.7 Å². The molecule has 1 aromatic heterocycles. The first-order valence-electron chi connectivity index (χ1n) is 8.91. The van der Waals surface area contributed by atoms with Crippen molar-refractivity contribution >= 4 is 0 Å². The number of pyridine rings is 1. The van der Waals surface area contributed by atoms with E-state index in [1.54, 1.807) is 0 Å². The third-order valence-electron chi connectivity index (χ3n) is 5.82. The van der Waals surface area contributed by atoms with Gasteiger partial charge in [-0.15, -0.1) is 0 Å². The van der Waals surface area contributed by atoms with E-state index in [1.165, 1.54) is 44.8 Å². The normalized spacial score (nSPS) is 33.7. The molecule has 3 fully saturated rings. The monoisotopic (exact) mass is 316 g/mol. The van der Waals surface area contributed by atoms with Gasteiger partial charge in [0.25, 0.3) is 0 Å². The molecular formula is C18H28N4O. The Hall–Kier alpha value is -1.01. The predicted molar refractivity (Wildman–Crippen MR) is 90.2 cm³/mol. The Bertz CT molecular complexity index is 503. The fourth-order valence-corrected chi connectivity index (χ4v) is 4.47. The summed E-state index contributed by atoms with van der Waals surface area (Å²) in [6, 6.07) is 4.83. The van der Waals surface area contributed by atoms with Crippen molar-refractivity contribution in [3.63, 3.8) is 0 Å². The molecule has 23 heavy (non-hydrogen) atoms. The van der Waals surface area contributed by atoms with Gasteiger partial charge in [0.15, 0.2) is 0 Å². The summed E-state index contributed by atoms with van der Waals surface area (Å²) in [7, 11) is 2.22. The van der Waals surface area contributed by atoms with E-state index in [4.69, 9.17) is 4.74 Å². The highest BCUT2D eigenvalue weighted by Crippen LogP contribution is 2.33. The lowest BCUT2D eigenvalue weighted by atomic mass is 9.86. The van der Waals surface area contributed by atoms with Gasteiger partial charge >= 0.3 is 0 Å². The van der Waals surface area contributed by atoms with Gasteiger partial charge in [-0.1, -0.05) is 6.07 Å². The first kappa shape index (κ1) is 15.5. The van der Waals surface area contributed by atoms with E-state index < -0.39 is 0 Å². The number of fused-ring (bicyclic) bond motifs is 1. The van der Waals surface area contributed by atoms with Gasteiger partial charge in [0, 0.05) is 70.2 Å². The van der Waals surface area contributed by atoms with Crippen LogP contribution in [0.4, 0.5) is 0 Å². The highest BCUT2D eigenvalue weighted by molar-refractivity contribution is 5.09. The lowest BCUT2D eigenvalue weighted by Gasteiger charge is -2.44. The smallest absolute Gasteiger partial charge is 0.0625 e. The van der Waals surface area contributed by atoms with E-state index in [9.17, 15) is 0 Å². The molecule has 0 aromatic carbocycles. The molecule has 126 valence electrons. The molecule has 0 unspecified atom stereocenters. The van der Waals surface area contributed by atoms with Gasteiger partial charge in [-0.05, 0) is 24.6 Å². The van der Waals surface area contributed by atoms with Crippen LogP contribution in [-0.4, -0.2) is 85.3 Å². The molecule has 0 bridgehead atoms. The minimum Gasteiger partial charge on any atom is -0.379 e. The molecule has 3 aliphatic rings. The number of rotatable bonds is 3. The average molecular weight is 316 g/mol. The summed E-state index contributed by atoms with van der Waals surface area (Å²) in [4.78, 5) is 12.0. The summed E-state index contributed by atoms with van der Waals surface area (Å²) in [6.07, 6.45) is 3.85. The maximum Gasteiger partial charge on any atom is 0.0625 e. The van der Waals surface area contributed by atoms with Gasteiger partial charge < -0.3 is 9.64 Å². The summed E-state index contributed by atoms with van der Waals surface area (Å²) in [5.41, 5.74) is 1.32. The molecule has 3 atom stereocenters. The van der Waals surface area contributed by atoms with Gasteiger partial charge in [-0.25, -0.2) is 0 Å². The zero-order valence-electron chi connectivity index (χ0n) is 14.1. The molecule has 5 nitrogen and oxygen atoms in total. The zero-order valence-corrected chi connectivity index (χ0v) is 14.1. The third-order valence-corrected chi connectivity index (χ3v) is 5.82. The lowest BCUT2D eigenvalue weighted by Crippen LogP contribution is -2.56. The van der Waals surface area contributed by atoms with E-state index in [2.05, 4.69) is 32.8 Å². The first-order chi connectivity index (χ1) is 11.3. The quantitative estimate of drug-likeness (QED) is 0.823. The Morgan fingerprint density at radius 1 is 1.17 bits per heavy atom. The Morgan fingerprint density at radius 2 is 2.04 bits per heavy atom. The minimum absolute atomic E-state index is 0.612. The molecule has 0 N–H and O–H groups in total. The van der Waals surface area contributed by atoms with Gasteiger partial charge in [0.1, 0.15) is 0 Å². The van der Waals surface area contributed by atoms with Crippen LogP contribution in [-0.2, 0) is 11.3 Å². The number of piperazine rings is 1.